The zero-order valence-corrected chi connectivity index (χ0v) is 11.5. The van der Waals surface area contributed by atoms with Crippen molar-refractivity contribution in [2.75, 3.05) is 5.32 Å². The number of aryl methyl sites for hydroxylation is 1. The Morgan fingerprint density at radius 1 is 1.35 bits per heavy atom. The van der Waals surface area contributed by atoms with Crippen LogP contribution in [0.25, 0.3) is 11.0 Å². The first-order valence-corrected chi connectivity index (χ1v) is 6.50. The summed E-state index contributed by atoms with van der Waals surface area (Å²) in [6.07, 6.45) is 1.69. The van der Waals surface area contributed by atoms with Crippen molar-refractivity contribution in [3.63, 3.8) is 0 Å². The first-order chi connectivity index (χ1) is 9.63. The van der Waals surface area contributed by atoms with Crippen LogP contribution in [0.15, 0.2) is 36.5 Å². The highest BCUT2D eigenvalue weighted by Gasteiger charge is 2.08. The fraction of sp³-hybridized carbons (Fsp3) is 0.0714. The molecule has 0 aliphatic carbocycles. The van der Waals surface area contributed by atoms with Gasteiger partial charge >= 0.3 is 0 Å². The monoisotopic (exact) mass is 284 g/mol. The number of H-pyrrole nitrogens is 2. The summed E-state index contributed by atoms with van der Waals surface area (Å²) in [5.74, 6) is 0.608. The van der Waals surface area contributed by atoms with Gasteiger partial charge < -0.3 is 15.3 Å². The molecule has 0 saturated carbocycles. The molecule has 6 heteroatoms. The van der Waals surface area contributed by atoms with Crippen LogP contribution in [0.2, 0.25) is 0 Å². The van der Waals surface area contributed by atoms with Gasteiger partial charge in [0.15, 0.2) is 0 Å². The van der Waals surface area contributed by atoms with E-state index in [9.17, 15) is 4.79 Å². The molecule has 0 fully saturated rings. The summed E-state index contributed by atoms with van der Waals surface area (Å²) in [6.45, 7) is 1.89. The Kier molecular flexibility index (Phi) is 3.08. The van der Waals surface area contributed by atoms with E-state index in [1.165, 1.54) is 0 Å². The van der Waals surface area contributed by atoms with E-state index in [2.05, 4.69) is 20.3 Å². The maximum absolute atomic E-state index is 12.2. The summed E-state index contributed by atoms with van der Waals surface area (Å²) in [6, 6.07) is 8.96. The SMILES string of the molecule is Cc1nc2ccc(NC(=O)c3ccc[nH]c3=S)cc2[nH]1. The van der Waals surface area contributed by atoms with Gasteiger partial charge in [0, 0.05) is 11.9 Å². The molecule has 3 N–H and O–H groups in total. The Bertz CT molecular complexity index is 850. The van der Waals surface area contributed by atoms with E-state index in [0.29, 0.717) is 15.9 Å². The van der Waals surface area contributed by atoms with Gasteiger partial charge in [-0.25, -0.2) is 4.98 Å². The number of fused-ring (bicyclic) bond motifs is 1. The topological polar surface area (TPSA) is 73.6 Å². The molecule has 5 nitrogen and oxygen atoms in total. The minimum absolute atomic E-state index is 0.234. The molecule has 0 unspecified atom stereocenters. The number of aromatic amines is 2. The van der Waals surface area contributed by atoms with Crippen LogP contribution in [0.3, 0.4) is 0 Å². The van der Waals surface area contributed by atoms with Gasteiger partial charge in [-0.3, -0.25) is 4.79 Å². The number of aromatic nitrogens is 3. The number of nitrogens with one attached hydrogen (secondary N) is 3. The van der Waals surface area contributed by atoms with Crippen LogP contribution in [0.5, 0.6) is 0 Å². The number of rotatable bonds is 2. The van der Waals surface area contributed by atoms with E-state index in [1.54, 1.807) is 18.3 Å². The number of anilines is 1. The molecule has 0 saturated heterocycles. The second-order valence-corrected chi connectivity index (χ2v) is 4.83. The number of benzene rings is 1. The third kappa shape index (κ3) is 2.33. The molecule has 1 amide bonds. The summed E-state index contributed by atoms with van der Waals surface area (Å²) in [5.41, 5.74) is 2.91. The Hall–Kier alpha value is -2.47. The van der Waals surface area contributed by atoms with Crippen LogP contribution < -0.4 is 5.32 Å². The van der Waals surface area contributed by atoms with Crippen molar-refractivity contribution < 1.29 is 4.79 Å². The van der Waals surface area contributed by atoms with Crippen molar-refractivity contribution >= 4 is 34.8 Å². The third-order valence-electron chi connectivity index (χ3n) is 2.92. The molecule has 0 spiro atoms. The summed E-state index contributed by atoms with van der Waals surface area (Å²) < 4.78 is 0.420. The predicted molar refractivity (Wildman–Crippen MR) is 80.4 cm³/mol. The van der Waals surface area contributed by atoms with Crippen LogP contribution in [-0.2, 0) is 0 Å². The molecule has 3 aromatic rings. The summed E-state index contributed by atoms with van der Waals surface area (Å²) >= 11 is 5.09. The van der Waals surface area contributed by atoms with Crippen LogP contribution in [0.4, 0.5) is 5.69 Å². The zero-order valence-electron chi connectivity index (χ0n) is 10.7. The smallest absolute Gasteiger partial charge is 0.258 e. The number of carbonyl (C=O) groups excluding carboxylic acids is 1. The Morgan fingerprint density at radius 3 is 3.00 bits per heavy atom. The fourth-order valence-electron chi connectivity index (χ4n) is 2.01. The first-order valence-electron chi connectivity index (χ1n) is 6.09. The van der Waals surface area contributed by atoms with E-state index >= 15 is 0 Å². The van der Waals surface area contributed by atoms with E-state index in [0.717, 1.165) is 16.9 Å². The number of hydrogen-bond acceptors (Lipinski definition) is 3. The molecule has 100 valence electrons. The highest BCUT2D eigenvalue weighted by molar-refractivity contribution is 7.71. The van der Waals surface area contributed by atoms with Gasteiger partial charge in [-0.15, -0.1) is 0 Å². The van der Waals surface area contributed by atoms with Gasteiger partial charge in [0.25, 0.3) is 5.91 Å². The van der Waals surface area contributed by atoms with E-state index in [4.69, 9.17) is 12.2 Å². The molecule has 2 aromatic heterocycles. The number of pyridine rings is 1. The van der Waals surface area contributed by atoms with Crippen molar-refractivity contribution in [1.29, 1.82) is 0 Å². The molecular formula is C14H12N4OS. The van der Waals surface area contributed by atoms with Crippen LogP contribution in [-0.4, -0.2) is 20.9 Å². The van der Waals surface area contributed by atoms with Crippen LogP contribution >= 0.6 is 12.2 Å². The number of carbonyl (C=O) groups is 1. The van der Waals surface area contributed by atoms with Gasteiger partial charge in [-0.05, 0) is 37.3 Å². The molecule has 0 aliphatic heterocycles. The van der Waals surface area contributed by atoms with Gasteiger partial charge in [0.05, 0.1) is 16.6 Å². The summed E-state index contributed by atoms with van der Waals surface area (Å²) in [5, 5.41) is 2.83. The summed E-state index contributed by atoms with van der Waals surface area (Å²) in [7, 11) is 0. The number of nitrogens with zero attached hydrogens (tertiary/aromatic N) is 1. The maximum Gasteiger partial charge on any atom is 0.258 e. The van der Waals surface area contributed by atoms with Crippen LogP contribution in [0.1, 0.15) is 16.2 Å². The van der Waals surface area contributed by atoms with E-state index in [-0.39, 0.29) is 5.91 Å². The Morgan fingerprint density at radius 2 is 2.20 bits per heavy atom. The van der Waals surface area contributed by atoms with Crippen molar-refractivity contribution in [2.45, 2.75) is 6.92 Å². The lowest BCUT2D eigenvalue weighted by Crippen LogP contribution is -2.12. The second kappa shape index (κ2) is 4.90. The van der Waals surface area contributed by atoms with E-state index < -0.39 is 0 Å². The molecule has 0 atom stereocenters. The maximum atomic E-state index is 12.2. The minimum Gasteiger partial charge on any atom is -0.352 e. The standard InChI is InChI=1S/C14H12N4OS/c1-8-16-11-5-4-9(7-12(11)17-8)18-13(19)10-3-2-6-15-14(10)20/h2-7H,1H3,(H,15,20)(H,16,17)(H,18,19). The van der Waals surface area contributed by atoms with Gasteiger partial charge in [0.1, 0.15) is 10.5 Å². The molecule has 2 heterocycles. The minimum atomic E-state index is -0.234. The van der Waals surface area contributed by atoms with Gasteiger partial charge in [-0.2, -0.15) is 0 Å². The molecule has 20 heavy (non-hydrogen) atoms. The number of imidazole rings is 1. The summed E-state index contributed by atoms with van der Waals surface area (Å²) in [4.78, 5) is 22.4. The average molecular weight is 284 g/mol. The highest BCUT2D eigenvalue weighted by atomic mass is 32.1. The molecule has 0 radical (unpaired) electrons. The van der Waals surface area contributed by atoms with Crippen molar-refractivity contribution in [3.05, 3.63) is 52.6 Å². The normalized spacial score (nSPS) is 10.7. The predicted octanol–water partition coefficient (Wildman–Crippen LogP) is 3.18. The largest absolute Gasteiger partial charge is 0.352 e. The molecular weight excluding hydrogens is 272 g/mol. The lowest BCUT2D eigenvalue weighted by Gasteiger charge is -2.05. The number of amides is 1. The van der Waals surface area contributed by atoms with E-state index in [1.807, 2.05) is 25.1 Å². The lowest BCUT2D eigenvalue weighted by atomic mass is 10.2. The van der Waals surface area contributed by atoms with Gasteiger partial charge in [-0.1, -0.05) is 12.2 Å². The van der Waals surface area contributed by atoms with Crippen molar-refractivity contribution in [3.8, 4) is 0 Å². The van der Waals surface area contributed by atoms with Crippen molar-refractivity contribution in [2.24, 2.45) is 0 Å². The number of hydrogen-bond donors (Lipinski definition) is 3. The van der Waals surface area contributed by atoms with Crippen molar-refractivity contribution in [1.82, 2.24) is 15.0 Å². The third-order valence-corrected chi connectivity index (χ3v) is 3.26. The first kappa shape index (κ1) is 12.6. The quantitative estimate of drug-likeness (QED) is 0.633. The Labute approximate surface area is 120 Å². The van der Waals surface area contributed by atoms with Crippen LogP contribution in [0, 0.1) is 11.6 Å². The second-order valence-electron chi connectivity index (χ2n) is 4.42. The fourth-order valence-corrected chi connectivity index (χ4v) is 2.24. The molecule has 3 rings (SSSR count). The molecule has 1 aromatic carbocycles. The zero-order chi connectivity index (χ0) is 14.1. The van der Waals surface area contributed by atoms with Gasteiger partial charge in [0.2, 0.25) is 0 Å². The highest BCUT2D eigenvalue weighted by Crippen LogP contribution is 2.17. The average Bonchev–Trinajstić information content (AvgIpc) is 2.78. The Balaban J connectivity index is 1.91. The lowest BCUT2D eigenvalue weighted by molar-refractivity contribution is 0.102. The molecule has 0 bridgehead atoms. The molecule has 0 aliphatic rings.